The van der Waals surface area contributed by atoms with Crippen molar-refractivity contribution in [3.8, 4) is 0 Å². The summed E-state index contributed by atoms with van der Waals surface area (Å²) in [5, 5.41) is 12.7. The number of allylic oxidation sites excluding steroid dienone is 2. The Kier molecular flexibility index (Phi) is 4.39. The second-order valence-electron chi connectivity index (χ2n) is 5.11. The number of aliphatic hydroxyl groups excluding tert-OH is 1. The summed E-state index contributed by atoms with van der Waals surface area (Å²) in [5.41, 5.74) is 2.51. The Labute approximate surface area is 124 Å². The number of benzene rings is 2. The molecule has 0 fully saturated rings. The Morgan fingerprint density at radius 2 is 1.90 bits per heavy atom. The molecule has 1 nitrogen and oxygen atoms in total. The molecule has 2 aromatic rings. The first-order chi connectivity index (χ1) is 9.97. The van der Waals surface area contributed by atoms with E-state index in [9.17, 15) is 9.50 Å². The fraction of sp³-hybridized carbons (Fsp3) is 0.158. The highest BCUT2D eigenvalue weighted by Gasteiger charge is 2.19. The second kappa shape index (κ2) is 6.06. The molecule has 0 saturated heterocycles. The first kappa shape index (κ1) is 15.2. The van der Waals surface area contributed by atoms with E-state index in [0.717, 1.165) is 21.9 Å². The fourth-order valence-electron chi connectivity index (χ4n) is 2.55. The number of halogens is 1. The van der Waals surface area contributed by atoms with Crippen molar-refractivity contribution >= 4 is 10.8 Å². The van der Waals surface area contributed by atoms with Gasteiger partial charge in [0, 0.05) is 0 Å². The van der Waals surface area contributed by atoms with Crippen molar-refractivity contribution in [1.82, 2.24) is 0 Å². The Morgan fingerprint density at radius 1 is 1.24 bits per heavy atom. The lowest BCUT2D eigenvalue weighted by molar-refractivity contribution is 0.219. The van der Waals surface area contributed by atoms with Crippen molar-refractivity contribution in [1.29, 1.82) is 0 Å². The number of hydrogen-bond donors (Lipinski definition) is 1. The van der Waals surface area contributed by atoms with Crippen LogP contribution in [0.2, 0.25) is 0 Å². The van der Waals surface area contributed by atoms with E-state index in [2.05, 4.69) is 13.2 Å². The zero-order chi connectivity index (χ0) is 15.6. The Hall–Kier alpha value is -2.19. The van der Waals surface area contributed by atoms with Crippen LogP contribution in [0.25, 0.3) is 10.8 Å². The molecule has 1 N–H and O–H groups in total. The molecule has 0 heterocycles. The van der Waals surface area contributed by atoms with Gasteiger partial charge in [0.1, 0.15) is 11.9 Å². The quantitative estimate of drug-likeness (QED) is 0.767. The first-order valence-corrected chi connectivity index (χ1v) is 6.81. The Morgan fingerprint density at radius 3 is 2.52 bits per heavy atom. The molecule has 0 aliphatic carbocycles. The van der Waals surface area contributed by atoms with E-state index in [0.29, 0.717) is 11.1 Å². The van der Waals surface area contributed by atoms with Crippen LogP contribution in [0.5, 0.6) is 0 Å². The third-order valence-electron chi connectivity index (χ3n) is 3.82. The SMILES string of the molecule is C=C/C(=C(/C)C(=C)F)C(O)c1c(C)ccc2ccccc12. The minimum atomic E-state index is -0.930. The summed E-state index contributed by atoms with van der Waals surface area (Å²) in [5.74, 6) is -0.554. The summed E-state index contributed by atoms with van der Waals surface area (Å²) in [6, 6.07) is 11.8. The highest BCUT2D eigenvalue weighted by atomic mass is 19.1. The number of rotatable bonds is 4. The van der Waals surface area contributed by atoms with Crippen LogP contribution >= 0.6 is 0 Å². The van der Waals surface area contributed by atoms with Crippen LogP contribution in [0.1, 0.15) is 24.2 Å². The molecular formula is C19H19FO. The summed E-state index contributed by atoms with van der Waals surface area (Å²) in [6.45, 7) is 10.5. The summed E-state index contributed by atoms with van der Waals surface area (Å²) < 4.78 is 13.4. The molecule has 1 atom stereocenters. The summed E-state index contributed by atoms with van der Waals surface area (Å²) in [6.07, 6.45) is 0.562. The Balaban J connectivity index is 2.71. The standard InChI is InChI=1S/C19H19FO/c1-5-16(13(3)14(4)20)19(21)18-12(2)10-11-15-8-6-7-9-17(15)18/h5-11,19,21H,1,4H2,2-3H3/b16-13+. The Bertz CT molecular complexity index is 740. The normalized spacial score (nSPS) is 13.7. The zero-order valence-corrected chi connectivity index (χ0v) is 12.4. The molecular weight excluding hydrogens is 263 g/mol. The average Bonchev–Trinajstić information content (AvgIpc) is 2.47. The van der Waals surface area contributed by atoms with Crippen molar-refractivity contribution in [3.05, 3.63) is 83.7 Å². The molecule has 0 aliphatic rings. The molecule has 0 spiro atoms. The summed E-state index contributed by atoms with van der Waals surface area (Å²) >= 11 is 0. The van der Waals surface area contributed by atoms with Crippen molar-refractivity contribution in [2.45, 2.75) is 20.0 Å². The van der Waals surface area contributed by atoms with Gasteiger partial charge in [0.25, 0.3) is 0 Å². The monoisotopic (exact) mass is 282 g/mol. The lowest BCUT2D eigenvalue weighted by atomic mass is 9.90. The number of hydrogen-bond acceptors (Lipinski definition) is 1. The van der Waals surface area contributed by atoms with Crippen molar-refractivity contribution < 1.29 is 9.50 Å². The van der Waals surface area contributed by atoms with Crippen LogP contribution in [-0.4, -0.2) is 5.11 Å². The zero-order valence-electron chi connectivity index (χ0n) is 12.4. The van der Waals surface area contributed by atoms with Gasteiger partial charge in [-0.05, 0) is 46.9 Å². The molecule has 0 amide bonds. The lowest BCUT2D eigenvalue weighted by Crippen LogP contribution is -2.05. The van der Waals surface area contributed by atoms with Crippen LogP contribution in [0.4, 0.5) is 4.39 Å². The molecule has 0 saturated carbocycles. The molecule has 0 bridgehead atoms. The van der Waals surface area contributed by atoms with Crippen LogP contribution in [0.3, 0.4) is 0 Å². The maximum atomic E-state index is 13.4. The number of aryl methyl sites for hydroxylation is 1. The van der Waals surface area contributed by atoms with Gasteiger partial charge in [0.2, 0.25) is 0 Å². The maximum Gasteiger partial charge on any atom is 0.119 e. The predicted molar refractivity (Wildman–Crippen MR) is 86.8 cm³/mol. The van der Waals surface area contributed by atoms with E-state index in [1.807, 2.05) is 43.3 Å². The van der Waals surface area contributed by atoms with Crippen LogP contribution in [0, 0.1) is 6.92 Å². The van der Waals surface area contributed by atoms with Crippen LogP contribution in [-0.2, 0) is 0 Å². The number of fused-ring (bicyclic) bond motifs is 1. The smallest absolute Gasteiger partial charge is 0.119 e. The molecule has 2 heteroatoms. The number of aliphatic hydroxyl groups is 1. The van der Waals surface area contributed by atoms with Gasteiger partial charge in [0.15, 0.2) is 0 Å². The third-order valence-corrected chi connectivity index (χ3v) is 3.82. The predicted octanol–water partition coefficient (Wildman–Crippen LogP) is 5.17. The minimum Gasteiger partial charge on any atom is -0.384 e. The van der Waals surface area contributed by atoms with E-state index in [-0.39, 0.29) is 0 Å². The highest BCUT2D eigenvalue weighted by molar-refractivity contribution is 5.87. The van der Waals surface area contributed by atoms with E-state index in [1.165, 1.54) is 6.08 Å². The summed E-state index contributed by atoms with van der Waals surface area (Å²) in [4.78, 5) is 0. The van der Waals surface area contributed by atoms with Gasteiger partial charge in [-0.25, -0.2) is 4.39 Å². The lowest BCUT2D eigenvalue weighted by Gasteiger charge is -2.19. The van der Waals surface area contributed by atoms with Gasteiger partial charge in [0.05, 0.1) is 0 Å². The van der Waals surface area contributed by atoms with E-state index < -0.39 is 11.9 Å². The van der Waals surface area contributed by atoms with E-state index in [4.69, 9.17) is 0 Å². The molecule has 0 aliphatic heterocycles. The van der Waals surface area contributed by atoms with Crippen LogP contribution < -0.4 is 0 Å². The topological polar surface area (TPSA) is 20.2 Å². The molecule has 2 rings (SSSR count). The van der Waals surface area contributed by atoms with E-state index >= 15 is 0 Å². The van der Waals surface area contributed by atoms with Gasteiger partial charge in [-0.2, -0.15) is 0 Å². The van der Waals surface area contributed by atoms with Crippen molar-refractivity contribution in [3.63, 3.8) is 0 Å². The fourth-order valence-corrected chi connectivity index (χ4v) is 2.55. The molecule has 108 valence electrons. The van der Waals surface area contributed by atoms with Gasteiger partial charge < -0.3 is 5.11 Å². The van der Waals surface area contributed by atoms with Crippen molar-refractivity contribution in [2.24, 2.45) is 0 Å². The van der Waals surface area contributed by atoms with Crippen molar-refractivity contribution in [2.75, 3.05) is 0 Å². The molecule has 0 radical (unpaired) electrons. The van der Waals surface area contributed by atoms with Gasteiger partial charge >= 0.3 is 0 Å². The largest absolute Gasteiger partial charge is 0.384 e. The van der Waals surface area contributed by atoms with Crippen LogP contribution in [0.15, 0.2) is 72.6 Å². The second-order valence-corrected chi connectivity index (χ2v) is 5.11. The van der Waals surface area contributed by atoms with Gasteiger partial charge in [-0.15, -0.1) is 0 Å². The van der Waals surface area contributed by atoms with Gasteiger partial charge in [-0.3, -0.25) is 0 Å². The van der Waals surface area contributed by atoms with Gasteiger partial charge in [-0.1, -0.05) is 55.6 Å². The maximum absolute atomic E-state index is 13.4. The third kappa shape index (κ3) is 2.81. The first-order valence-electron chi connectivity index (χ1n) is 6.81. The average molecular weight is 282 g/mol. The molecule has 2 aromatic carbocycles. The van der Waals surface area contributed by atoms with E-state index in [1.54, 1.807) is 6.92 Å². The molecule has 21 heavy (non-hydrogen) atoms. The molecule has 0 aromatic heterocycles. The minimum absolute atomic E-state index is 0.324. The molecule has 1 unspecified atom stereocenters. The summed E-state index contributed by atoms with van der Waals surface area (Å²) in [7, 11) is 0. The highest BCUT2D eigenvalue weighted by Crippen LogP contribution is 2.34.